The van der Waals surface area contributed by atoms with Crippen molar-refractivity contribution in [1.82, 2.24) is 4.98 Å². The quantitative estimate of drug-likeness (QED) is 0.645. The van der Waals surface area contributed by atoms with Gasteiger partial charge in [-0.2, -0.15) is 4.39 Å². The number of hydrogen-bond donors (Lipinski definition) is 3. The highest BCUT2D eigenvalue weighted by Gasteiger charge is 2.46. The maximum atomic E-state index is 13.7. The van der Waals surface area contributed by atoms with E-state index in [9.17, 15) is 18.7 Å². The van der Waals surface area contributed by atoms with Crippen molar-refractivity contribution in [3.63, 3.8) is 0 Å². The Morgan fingerprint density at radius 3 is 2.74 bits per heavy atom. The second-order valence-electron chi connectivity index (χ2n) is 4.18. The third kappa shape index (κ3) is 2.39. The molecule has 6 nitrogen and oxygen atoms in total. The third-order valence-corrected chi connectivity index (χ3v) is 3.06. The minimum atomic E-state index is -1.26. The molecule has 2 rings (SSSR count). The lowest BCUT2D eigenvalue weighted by Gasteiger charge is -2.19. The first kappa shape index (κ1) is 14.1. The lowest BCUT2D eigenvalue weighted by Crippen LogP contribution is -2.34. The average Bonchev–Trinajstić information content (AvgIpc) is 2.64. The Balaban J connectivity index is 2.44. The van der Waals surface area contributed by atoms with Crippen LogP contribution in [0.2, 0.25) is 0 Å². The summed E-state index contributed by atoms with van der Waals surface area (Å²) in [6.07, 6.45) is -4.55. The number of aromatic nitrogens is 1. The van der Waals surface area contributed by atoms with Crippen LogP contribution in [0.1, 0.15) is 11.7 Å². The summed E-state index contributed by atoms with van der Waals surface area (Å²) in [6, 6.07) is 0.577. The van der Waals surface area contributed by atoms with E-state index in [4.69, 9.17) is 14.6 Å². The molecule has 0 aliphatic carbocycles. The minimum Gasteiger partial charge on any atom is -0.394 e. The van der Waals surface area contributed by atoms with Gasteiger partial charge in [0, 0.05) is 13.2 Å². The van der Waals surface area contributed by atoms with Crippen molar-refractivity contribution in [2.75, 3.05) is 13.7 Å². The van der Waals surface area contributed by atoms with Gasteiger partial charge in [-0.3, -0.25) is 9.78 Å². The predicted molar refractivity (Wildman–Crippen MR) is 58.5 cm³/mol. The normalized spacial score (nSPS) is 30.8. The van der Waals surface area contributed by atoms with Crippen LogP contribution in [0, 0.1) is 11.8 Å². The van der Waals surface area contributed by atoms with Crippen molar-refractivity contribution in [2.45, 2.75) is 24.4 Å². The Morgan fingerprint density at radius 2 is 2.21 bits per heavy atom. The summed E-state index contributed by atoms with van der Waals surface area (Å²) in [4.78, 5) is 12.7. The van der Waals surface area contributed by atoms with Crippen LogP contribution in [0.15, 0.2) is 10.9 Å². The largest absolute Gasteiger partial charge is 0.394 e. The predicted octanol–water partition coefficient (Wildman–Crippen LogP) is -0.539. The van der Waals surface area contributed by atoms with E-state index < -0.39 is 53.9 Å². The van der Waals surface area contributed by atoms with Crippen LogP contribution >= 0.6 is 0 Å². The van der Waals surface area contributed by atoms with Crippen molar-refractivity contribution in [1.29, 1.82) is 0 Å². The molecule has 0 radical (unpaired) electrons. The molecule has 1 aliphatic rings. The molecule has 19 heavy (non-hydrogen) atoms. The fourth-order valence-electron chi connectivity index (χ4n) is 2.15. The molecule has 8 heteroatoms. The first-order chi connectivity index (χ1) is 8.99. The number of H-pyrrole nitrogens is 1. The number of rotatable bonds is 3. The monoisotopic (exact) mass is 277 g/mol. The summed E-state index contributed by atoms with van der Waals surface area (Å²) in [5.41, 5.74) is -1.47. The SMILES string of the molecule is CO[C@H]1C(O)[C@@H](CO)O[C@H]1c1c(F)cc(=O)[nH]c1F. The van der Waals surface area contributed by atoms with Crippen LogP contribution < -0.4 is 5.56 Å². The molecule has 1 saturated heterocycles. The number of pyridine rings is 1. The summed E-state index contributed by atoms with van der Waals surface area (Å²) < 4.78 is 37.5. The van der Waals surface area contributed by atoms with Crippen LogP contribution in [-0.4, -0.2) is 47.2 Å². The lowest BCUT2D eigenvalue weighted by atomic mass is 10.0. The number of ether oxygens (including phenoxy) is 2. The van der Waals surface area contributed by atoms with Crippen molar-refractivity contribution in [3.8, 4) is 0 Å². The molecule has 0 amide bonds. The van der Waals surface area contributed by atoms with E-state index in [-0.39, 0.29) is 0 Å². The van der Waals surface area contributed by atoms with Gasteiger partial charge in [0.25, 0.3) is 5.56 Å². The fourth-order valence-corrected chi connectivity index (χ4v) is 2.15. The highest BCUT2D eigenvalue weighted by molar-refractivity contribution is 5.20. The van der Waals surface area contributed by atoms with Crippen LogP contribution in [0.3, 0.4) is 0 Å². The second-order valence-corrected chi connectivity index (χ2v) is 4.18. The molecule has 4 atom stereocenters. The molecule has 1 aromatic heterocycles. The van der Waals surface area contributed by atoms with Gasteiger partial charge in [0.05, 0.1) is 12.2 Å². The lowest BCUT2D eigenvalue weighted by molar-refractivity contribution is -0.0262. The van der Waals surface area contributed by atoms with Gasteiger partial charge in [-0.25, -0.2) is 4.39 Å². The Labute approximate surface area is 106 Å². The zero-order valence-electron chi connectivity index (χ0n) is 9.97. The third-order valence-electron chi connectivity index (χ3n) is 3.06. The summed E-state index contributed by atoms with van der Waals surface area (Å²) in [7, 11) is 1.24. The molecule has 1 aromatic rings. The number of aromatic amines is 1. The average molecular weight is 277 g/mol. The van der Waals surface area contributed by atoms with Crippen LogP contribution in [0.4, 0.5) is 8.78 Å². The van der Waals surface area contributed by atoms with Crippen molar-refractivity contribution in [2.24, 2.45) is 0 Å². The molecule has 1 aliphatic heterocycles. The van der Waals surface area contributed by atoms with E-state index in [1.807, 2.05) is 0 Å². The Hall–Kier alpha value is -1.35. The molecule has 3 N–H and O–H groups in total. The minimum absolute atomic E-state index is 0.524. The molecule has 0 saturated carbocycles. The molecule has 2 heterocycles. The first-order valence-electron chi connectivity index (χ1n) is 5.55. The molecule has 0 bridgehead atoms. The molecule has 0 spiro atoms. The molecule has 1 unspecified atom stereocenters. The van der Waals surface area contributed by atoms with E-state index in [1.54, 1.807) is 4.98 Å². The zero-order chi connectivity index (χ0) is 14.2. The Morgan fingerprint density at radius 1 is 1.53 bits per heavy atom. The molecule has 106 valence electrons. The number of aliphatic hydroxyl groups is 2. The highest BCUT2D eigenvalue weighted by Crippen LogP contribution is 2.36. The van der Waals surface area contributed by atoms with Gasteiger partial charge in [-0.15, -0.1) is 0 Å². The summed E-state index contributed by atoms with van der Waals surface area (Å²) in [6.45, 7) is -0.524. The maximum absolute atomic E-state index is 13.7. The standard InChI is InChI=1S/C11H13F2NO5/c1-18-10-8(17)5(3-15)19-9(10)7-4(12)2-6(16)14-11(7)13/h2,5,8-10,15,17H,3H2,1H3,(H,14,16)/t5-,8?,9+,10+/m1/s1. The van der Waals surface area contributed by atoms with Crippen LogP contribution in [0.25, 0.3) is 0 Å². The number of nitrogens with one attached hydrogen (secondary N) is 1. The topological polar surface area (TPSA) is 91.8 Å². The fraction of sp³-hybridized carbons (Fsp3) is 0.545. The number of methoxy groups -OCH3 is 1. The van der Waals surface area contributed by atoms with Gasteiger partial charge in [0.15, 0.2) is 0 Å². The summed E-state index contributed by atoms with van der Waals surface area (Å²) in [5, 5.41) is 18.8. The zero-order valence-corrected chi connectivity index (χ0v) is 9.97. The van der Waals surface area contributed by atoms with Crippen molar-refractivity contribution in [3.05, 3.63) is 33.7 Å². The number of aliphatic hydroxyl groups excluding tert-OH is 2. The van der Waals surface area contributed by atoms with Gasteiger partial charge in [-0.1, -0.05) is 0 Å². The summed E-state index contributed by atoms with van der Waals surface area (Å²) in [5.74, 6) is -2.29. The van der Waals surface area contributed by atoms with E-state index >= 15 is 0 Å². The molecular formula is C11H13F2NO5. The Bertz CT molecular complexity index is 494. The van der Waals surface area contributed by atoms with Gasteiger partial charge in [0.2, 0.25) is 5.95 Å². The molecular weight excluding hydrogens is 264 g/mol. The van der Waals surface area contributed by atoms with E-state index in [0.29, 0.717) is 6.07 Å². The first-order valence-corrected chi connectivity index (χ1v) is 5.55. The summed E-state index contributed by atoms with van der Waals surface area (Å²) >= 11 is 0. The molecule has 0 aromatic carbocycles. The number of hydrogen-bond acceptors (Lipinski definition) is 5. The van der Waals surface area contributed by atoms with E-state index in [2.05, 4.69) is 0 Å². The van der Waals surface area contributed by atoms with Gasteiger partial charge in [-0.05, 0) is 0 Å². The number of halogens is 2. The molecule has 1 fully saturated rings. The van der Waals surface area contributed by atoms with Crippen molar-refractivity contribution >= 4 is 0 Å². The van der Waals surface area contributed by atoms with Crippen LogP contribution in [0.5, 0.6) is 0 Å². The smallest absolute Gasteiger partial charge is 0.253 e. The van der Waals surface area contributed by atoms with Gasteiger partial charge < -0.3 is 19.7 Å². The van der Waals surface area contributed by atoms with Gasteiger partial charge in [0.1, 0.15) is 30.2 Å². The van der Waals surface area contributed by atoms with E-state index in [1.165, 1.54) is 7.11 Å². The van der Waals surface area contributed by atoms with Crippen LogP contribution in [-0.2, 0) is 9.47 Å². The van der Waals surface area contributed by atoms with Gasteiger partial charge >= 0.3 is 0 Å². The Kier molecular flexibility index (Phi) is 3.95. The van der Waals surface area contributed by atoms with E-state index in [0.717, 1.165) is 0 Å². The highest BCUT2D eigenvalue weighted by atomic mass is 19.1. The van der Waals surface area contributed by atoms with Crippen molar-refractivity contribution < 1.29 is 28.5 Å². The second kappa shape index (κ2) is 5.33. The maximum Gasteiger partial charge on any atom is 0.253 e.